The van der Waals surface area contributed by atoms with Crippen molar-refractivity contribution in [1.29, 1.82) is 0 Å². The highest BCUT2D eigenvalue weighted by Crippen LogP contribution is 2.49. The molecule has 0 saturated heterocycles. The van der Waals surface area contributed by atoms with E-state index in [2.05, 4.69) is 88.5 Å². The van der Waals surface area contributed by atoms with E-state index in [1.54, 1.807) is 0 Å². The van der Waals surface area contributed by atoms with Crippen LogP contribution in [0.25, 0.3) is 11.1 Å². The van der Waals surface area contributed by atoms with E-state index in [-0.39, 0.29) is 10.7 Å². The molecule has 0 bridgehead atoms. The van der Waals surface area contributed by atoms with Crippen LogP contribution in [-0.2, 0) is 11.7 Å². The van der Waals surface area contributed by atoms with Gasteiger partial charge in [-0.25, -0.2) is 0 Å². The van der Waals surface area contributed by atoms with Crippen LogP contribution in [0.5, 0.6) is 5.75 Å². The van der Waals surface area contributed by atoms with Crippen molar-refractivity contribution in [2.75, 3.05) is 0 Å². The molecule has 3 aromatic carbocycles. The Kier molecular flexibility index (Phi) is 7.01. The molecule has 0 fully saturated rings. The third kappa shape index (κ3) is 5.31. The topological polar surface area (TPSA) is 32.3 Å². The van der Waals surface area contributed by atoms with Crippen molar-refractivity contribution in [2.24, 2.45) is 0 Å². The number of benzene rings is 3. The van der Waals surface area contributed by atoms with Crippen LogP contribution in [0.4, 0.5) is 0 Å². The minimum atomic E-state index is -0.132. The third-order valence-electron chi connectivity index (χ3n) is 5.66. The molecule has 0 aromatic heterocycles. The number of hydrogen-bond donors (Lipinski definition) is 2. The summed E-state index contributed by atoms with van der Waals surface area (Å²) in [5.41, 5.74) is 4.40. The van der Waals surface area contributed by atoms with Crippen LogP contribution in [0, 0.1) is 0 Å². The normalized spacial score (nSPS) is 14.2. The van der Waals surface area contributed by atoms with Crippen LogP contribution in [-0.4, -0.2) is 10.6 Å². The molecular formula is C27H34NOP. The first-order valence-corrected chi connectivity index (χ1v) is 11.7. The maximum atomic E-state index is 11.3. The van der Waals surface area contributed by atoms with E-state index in [0.29, 0.717) is 14.3 Å². The molecular weight excluding hydrogens is 385 g/mol. The molecule has 3 heteroatoms. The highest BCUT2D eigenvalue weighted by atomic mass is 31.1. The van der Waals surface area contributed by atoms with E-state index in [9.17, 15) is 5.11 Å². The number of nitrogens with one attached hydrogen (secondary N) is 1. The van der Waals surface area contributed by atoms with Gasteiger partial charge in [0.15, 0.2) is 0 Å². The van der Waals surface area contributed by atoms with Crippen molar-refractivity contribution in [2.45, 2.75) is 58.3 Å². The first kappa shape index (κ1) is 22.5. The van der Waals surface area contributed by atoms with Crippen molar-refractivity contribution < 1.29 is 5.11 Å². The molecule has 0 aliphatic carbocycles. The van der Waals surface area contributed by atoms with Crippen LogP contribution in [0.3, 0.4) is 0 Å². The largest absolute Gasteiger partial charge is 0.507 e. The lowest BCUT2D eigenvalue weighted by molar-refractivity contribution is 0.425. The summed E-state index contributed by atoms with van der Waals surface area (Å²) < 4.78 is 0. The van der Waals surface area contributed by atoms with E-state index in [0.717, 1.165) is 29.7 Å². The Morgan fingerprint density at radius 1 is 0.833 bits per heavy atom. The number of rotatable bonds is 7. The van der Waals surface area contributed by atoms with Gasteiger partial charge in [-0.3, -0.25) is 0 Å². The van der Waals surface area contributed by atoms with Crippen molar-refractivity contribution in [3.63, 3.8) is 0 Å². The van der Waals surface area contributed by atoms with Gasteiger partial charge in [-0.05, 0) is 43.6 Å². The molecule has 0 spiro atoms. The number of hydrogen-bond acceptors (Lipinski definition) is 2. The molecule has 0 amide bonds. The second-order valence-electron chi connectivity index (χ2n) is 9.14. The summed E-state index contributed by atoms with van der Waals surface area (Å²) in [6, 6.07) is 25.0. The molecule has 0 saturated carbocycles. The summed E-state index contributed by atoms with van der Waals surface area (Å²) in [7, 11) is 0.568. The van der Waals surface area contributed by atoms with Gasteiger partial charge >= 0.3 is 0 Å². The molecule has 2 unspecified atom stereocenters. The van der Waals surface area contributed by atoms with Gasteiger partial charge in [0.05, 0.1) is 0 Å². The van der Waals surface area contributed by atoms with Crippen LogP contribution in [0.15, 0.2) is 72.8 Å². The molecule has 0 aliphatic rings. The summed E-state index contributed by atoms with van der Waals surface area (Å²) in [4.78, 5) is 0. The number of para-hydroxylation sites is 1. The molecule has 158 valence electrons. The van der Waals surface area contributed by atoms with Crippen molar-refractivity contribution >= 4 is 13.9 Å². The van der Waals surface area contributed by atoms with Gasteiger partial charge in [0, 0.05) is 28.4 Å². The van der Waals surface area contributed by atoms with E-state index < -0.39 is 0 Å². The van der Waals surface area contributed by atoms with Gasteiger partial charge in [-0.2, -0.15) is 0 Å². The summed E-state index contributed by atoms with van der Waals surface area (Å²) >= 11 is 0. The van der Waals surface area contributed by atoms with Gasteiger partial charge in [-0.1, -0.05) is 95.2 Å². The molecule has 2 N–H and O–H groups in total. The average Bonchev–Trinajstić information content (AvgIpc) is 2.73. The fourth-order valence-electron chi connectivity index (χ4n) is 3.64. The molecule has 0 heterocycles. The summed E-state index contributed by atoms with van der Waals surface area (Å²) in [6.07, 6.45) is 0.957. The Morgan fingerprint density at radius 3 is 2.17 bits per heavy atom. The zero-order valence-corrected chi connectivity index (χ0v) is 19.8. The molecule has 3 aromatic rings. The Bertz CT molecular complexity index is 978. The summed E-state index contributed by atoms with van der Waals surface area (Å²) in [5, 5.41) is 16.1. The van der Waals surface area contributed by atoms with Gasteiger partial charge in [-0.15, -0.1) is 0 Å². The molecule has 0 aliphatic heterocycles. The lowest BCUT2D eigenvalue weighted by atomic mass is 9.92. The maximum Gasteiger partial charge on any atom is 0.127 e. The SMILES string of the molecule is CCC(C)(Pc1ccccc1CNC(C)(C)C)c1cccc(-c2ccccc2)c1O. The van der Waals surface area contributed by atoms with Gasteiger partial charge in [0.1, 0.15) is 5.75 Å². The Morgan fingerprint density at radius 2 is 1.50 bits per heavy atom. The lowest BCUT2D eigenvalue weighted by Crippen LogP contribution is -2.36. The molecule has 30 heavy (non-hydrogen) atoms. The second kappa shape index (κ2) is 9.33. The average molecular weight is 420 g/mol. The molecule has 2 nitrogen and oxygen atoms in total. The van der Waals surface area contributed by atoms with Gasteiger partial charge in [0.2, 0.25) is 0 Å². The minimum absolute atomic E-state index is 0.0760. The smallest absolute Gasteiger partial charge is 0.127 e. The third-order valence-corrected chi connectivity index (χ3v) is 7.59. The zero-order valence-electron chi connectivity index (χ0n) is 18.8. The first-order valence-electron chi connectivity index (χ1n) is 10.7. The number of aromatic hydroxyl groups is 1. The lowest BCUT2D eigenvalue weighted by Gasteiger charge is -2.32. The van der Waals surface area contributed by atoms with E-state index >= 15 is 0 Å². The Labute approximate surface area is 183 Å². The quantitative estimate of drug-likeness (QED) is 0.424. The maximum absolute atomic E-state index is 11.3. The highest BCUT2D eigenvalue weighted by molar-refractivity contribution is 7.48. The zero-order chi connectivity index (χ0) is 21.8. The first-order chi connectivity index (χ1) is 14.2. The Balaban J connectivity index is 1.96. The summed E-state index contributed by atoms with van der Waals surface area (Å²) in [6.45, 7) is 11.9. The Hall–Kier alpha value is -2.15. The van der Waals surface area contributed by atoms with Gasteiger partial charge < -0.3 is 10.4 Å². The monoisotopic (exact) mass is 419 g/mol. The highest BCUT2D eigenvalue weighted by Gasteiger charge is 2.30. The summed E-state index contributed by atoms with van der Waals surface area (Å²) in [5.74, 6) is 0.408. The van der Waals surface area contributed by atoms with Crippen molar-refractivity contribution in [3.05, 3.63) is 83.9 Å². The fourth-order valence-corrected chi connectivity index (χ4v) is 5.26. The molecule has 0 radical (unpaired) electrons. The van der Waals surface area contributed by atoms with E-state index in [1.807, 2.05) is 24.3 Å². The van der Waals surface area contributed by atoms with E-state index in [1.165, 1.54) is 10.9 Å². The van der Waals surface area contributed by atoms with Crippen LogP contribution in [0.1, 0.15) is 52.2 Å². The van der Waals surface area contributed by atoms with Crippen LogP contribution >= 0.6 is 8.58 Å². The predicted octanol–water partition coefficient (Wildman–Crippen LogP) is 6.58. The number of phenolic OH excluding ortho intramolecular Hbond substituents is 1. The van der Waals surface area contributed by atoms with Crippen LogP contribution in [0.2, 0.25) is 0 Å². The van der Waals surface area contributed by atoms with E-state index in [4.69, 9.17) is 0 Å². The fraction of sp³-hybridized carbons (Fsp3) is 0.333. The molecule has 2 atom stereocenters. The number of phenols is 1. The second-order valence-corrected chi connectivity index (χ2v) is 11.0. The van der Waals surface area contributed by atoms with Crippen LogP contribution < -0.4 is 10.6 Å². The predicted molar refractivity (Wildman–Crippen MR) is 132 cm³/mol. The molecule has 3 rings (SSSR count). The minimum Gasteiger partial charge on any atom is -0.507 e. The van der Waals surface area contributed by atoms with Crippen molar-refractivity contribution in [3.8, 4) is 16.9 Å². The van der Waals surface area contributed by atoms with Crippen molar-refractivity contribution in [1.82, 2.24) is 5.32 Å². The standard InChI is InChI=1S/C27H34NOP/c1-6-27(5,30-24-18-11-10-15-21(24)19-28-26(2,3)4)23-17-12-16-22(25(23)29)20-13-8-7-9-14-20/h7-18,28-30H,6,19H2,1-5H3. The van der Waals surface area contributed by atoms with Gasteiger partial charge in [0.25, 0.3) is 0 Å².